The summed E-state index contributed by atoms with van der Waals surface area (Å²) in [6.45, 7) is 3.05. The second-order valence-electron chi connectivity index (χ2n) is 9.83. The van der Waals surface area contributed by atoms with Crippen molar-refractivity contribution in [2.45, 2.75) is 19.4 Å². The van der Waals surface area contributed by atoms with Crippen molar-refractivity contribution in [3.63, 3.8) is 0 Å². The van der Waals surface area contributed by atoms with Crippen molar-refractivity contribution in [3.05, 3.63) is 85.3 Å². The molecule has 4 aromatic rings. The summed E-state index contributed by atoms with van der Waals surface area (Å²) < 4.78 is 14.2. The third-order valence-electron chi connectivity index (χ3n) is 6.55. The summed E-state index contributed by atoms with van der Waals surface area (Å²) in [6.07, 6.45) is 9.23. The lowest BCUT2D eigenvalue weighted by Crippen LogP contribution is -2.40. The van der Waals surface area contributed by atoms with Crippen LogP contribution in [0.3, 0.4) is 0 Å². The lowest BCUT2D eigenvalue weighted by atomic mass is 9.97. The Morgan fingerprint density at radius 3 is 2.50 bits per heavy atom. The van der Waals surface area contributed by atoms with Crippen LogP contribution in [-0.4, -0.2) is 64.0 Å². The van der Waals surface area contributed by atoms with E-state index in [4.69, 9.17) is 9.47 Å². The summed E-state index contributed by atoms with van der Waals surface area (Å²) in [5, 5.41) is 0. The molecule has 8 heteroatoms. The van der Waals surface area contributed by atoms with Gasteiger partial charge in [-0.15, -0.1) is 0 Å². The number of hydrogen-bond donors (Lipinski definition) is 0. The van der Waals surface area contributed by atoms with Gasteiger partial charge in [-0.2, -0.15) is 4.98 Å². The number of fused-ring (bicyclic) bond motifs is 1. The molecule has 1 unspecified atom stereocenters. The number of likely N-dealkylation sites (tertiary alicyclic amines) is 1. The van der Waals surface area contributed by atoms with Gasteiger partial charge < -0.3 is 23.8 Å². The molecule has 0 radical (unpaired) electrons. The van der Waals surface area contributed by atoms with Gasteiger partial charge in [0.1, 0.15) is 29.1 Å². The molecule has 2 aromatic heterocycles. The topological polar surface area (TPSA) is 72.7 Å². The van der Waals surface area contributed by atoms with Crippen molar-refractivity contribution in [2.24, 2.45) is 5.92 Å². The molecule has 2 aromatic carbocycles. The zero-order valence-electron chi connectivity index (χ0n) is 21.9. The predicted molar refractivity (Wildman–Crippen MR) is 148 cm³/mol. The SMILES string of the molecule is CN(C)CC=CC(=O)N1CCCC(Cn2ccc3ncnc(Oc4ccc(Oc5ccccc5)cc4)c32)C1. The van der Waals surface area contributed by atoms with Crippen LogP contribution in [0.2, 0.25) is 0 Å². The molecule has 0 bridgehead atoms. The number of amides is 1. The summed E-state index contributed by atoms with van der Waals surface area (Å²) in [5.74, 6) is 3.11. The van der Waals surface area contributed by atoms with Crippen LogP contribution >= 0.6 is 0 Å². The Hall–Kier alpha value is -4.17. The number of para-hydroxylation sites is 1. The van der Waals surface area contributed by atoms with E-state index in [0.717, 1.165) is 61.6 Å². The van der Waals surface area contributed by atoms with Crippen molar-refractivity contribution < 1.29 is 14.3 Å². The molecular formula is C30H33N5O3. The average molecular weight is 512 g/mol. The predicted octanol–water partition coefficient (Wildman–Crippen LogP) is 5.37. The number of hydrogen-bond acceptors (Lipinski definition) is 6. The summed E-state index contributed by atoms with van der Waals surface area (Å²) in [6, 6.07) is 19.1. The third-order valence-corrected chi connectivity index (χ3v) is 6.55. The van der Waals surface area contributed by atoms with Crippen LogP contribution in [0.4, 0.5) is 0 Å². The highest BCUT2D eigenvalue weighted by Crippen LogP contribution is 2.31. The molecule has 1 aliphatic heterocycles. The van der Waals surface area contributed by atoms with Crippen LogP contribution in [0.15, 0.2) is 85.3 Å². The van der Waals surface area contributed by atoms with Gasteiger partial charge in [-0.05, 0) is 75.3 Å². The van der Waals surface area contributed by atoms with Crippen LogP contribution in [0.25, 0.3) is 11.0 Å². The fourth-order valence-electron chi connectivity index (χ4n) is 4.70. The van der Waals surface area contributed by atoms with Crippen LogP contribution < -0.4 is 9.47 Å². The molecular weight excluding hydrogens is 478 g/mol. The second kappa shape index (κ2) is 11.9. The summed E-state index contributed by atoms with van der Waals surface area (Å²) >= 11 is 0. The lowest BCUT2D eigenvalue weighted by Gasteiger charge is -2.32. The number of ether oxygens (including phenoxy) is 2. The zero-order chi connectivity index (χ0) is 26.3. The van der Waals surface area contributed by atoms with Gasteiger partial charge in [0, 0.05) is 38.5 Å². The molecule has 0 spiro atoms. The number of piperidine rings is 1. The third kappa shape index (κ3) is 6.39. The van der Waals surface area contributed by atoms with Gasteiger partial charge in [0.25, 0.3) is 0 Å². The maximum Gasteiger partial charge on any atom is 0.247 e. The zero-order valence-corrected chi connectivity index (χ0v) is 21.9. The van der Waals surface area contributed by atoms with Crippen molar-refractivity contribution in [1.82, 2.24) is 24.3 Å². The van der Waals surface area contributed by atoms with Gasteiger partial charge in [0.05, 0.1) is 5.52 Å². The van der Waals surface area contributed by atoms with Crippen molar-refractivity contribution in [1.29, 1.82) is 0 Å². The highest BCUT2D eigenvalue weighted by molar-refractivity contribution is 5.87. The van der Waals surface area contributed by atoms with E-state index in [-0.39, 0.29) is 5.91 Å². The van der Waals surface area contributed by atoms with Gasteiger partial charge in [-0.3, -0.25) is 4.79 Å². The Balaban J connectivity index is 1.27. The number of carbonyl (C=O) groups is 1. The molecule has 1 fully saturated rings. The molecule has 38 heavy (non-hydrogen) atoms. The lowest BCUT2D eigenvalue weighted by molar-refractivity contribution is -0.127. The number of aromatic nitrogens is 3. The Labute approximate surface area is 223 Å². The normalized spacial score (nSPS) is 15.9. The molecule has 0 saturated carbocycles. The number of carbonyl (C=O) groups excluding carboxylic acids is 1. The molecule has 1 atom stereocenters. The smallest absolute Gasteiger partial charge is 0.247 e. The van der Waals surface area contributed by atoms with Gasteiger partial charge in [-0.25, -0.2) is 4.98 Å². The van der Waals surface area contributed by atoms with E-state index in [1.54, 1.807) is 6.08 Å². The first kappa shape index (κ1) is 25.5. The van der Waals surface area contributed by atoms with Crippen LogP contribution in [0, 0.1) is 5.92 Å². The largest absolute Gasteiger partial charge is 0.457 e. The molecule has 196 valence electrons. The first-order valence-electron chi connectivity index (χ1n) is 13.0. The molecule has 5 rings (SSSR count). The van der Waals surface area contributed by atoms with Gasteiger partial charge in [0.2, 0.25) is 11.8 Å². The van der Waals surface area contributed by atoms with E-state index < -0.39 is 0 Å². The number of rotatable bonds is 9. The Kier molecular flexibility index (Phi) is 7.99. The Morgan fingerprint density at radius 1 is 1.00 bits per heavy atom. The fraction of sp³-hybridized carbons (Fsp3) is 0.300. The van der Waals surface area contributed by atoms with Crippen LogP contribution in [0.5, 0.6) is 23.1 Å². The van der Waals surface area contributed by atoms with Crippen LogP contribution in [0.1, 0.15) is 12.8 Å². The van der Waals surface area contributed by atoms with E-state index in [1.807, 2.05) is 96.8 Å². The summed E-state index contributed by atoms with van der Waals surface area (Å²) in [5.41, 5.74) is 1.68. The van der Waals surface area contributed by atoms with Gasteiger partial charge in [-0.1, -0.05) is 24.3 Å². The van der Waals surface area contributed by atoms with E-state index >= 15 is 0 Å². The number of nitrogens with zero attached hydrogens (tertiary/aromatic N) is 5. The first-order chi connectivity index (χ1) is 18.5. The highest BCUT2D eigenvalue weighted by Gasteiger charge is 2.24. The van der Waals surface area contributed by atoms with Gasteiger partial charge >= 0.3 is 0 Å². The highest BCUT2D eigenvalue weighted by atomic mass is 16.5. The molecule has 0 aliphatic carbocycles. The minimum atomic E-state index is 0.0842. The summed E-state index contributed by atoms with van der Waals surface area (Å²) in [4.78, 5) is 25.6. The maximum absolute atomic E-state index is 12.7. The number of benzene rings is 2. The van der Waals surface area contributed by atoms with E-state index in [1.165, 1.54) is 6.33 Å². The number of likely N-dealkylation sites (N-methyl/N-ethyl adjacent to an activating group) is 1. The molecule has 1 saturated heterocycles. The van der Waals surface area contributed by atoms with E-state index in [2.05, 4.69) is 14.5 Å². The molecule has 3 heterocycles. The Morgan fingerprint density at radius 2 is 1.74 bits per heavy atom. The molecule has 1 amide bonds. The monoisotopic (exact) mass is 511 g/mol. The molecule has 8 nitrogen and oxygen atoms in total. The van der Waals surface area contributed by atoms with E-state index in [9.17, 15) is 4.79 Å². The summed E-state index contributed by atoms with van der Waals surface area (Å²) in [7, 11) is 3.98. The molecule has 0 N–H and O–H groups in total. The van der Waals surface area contributed by atoms with E-state index in [0.29, 0.717) is 17.5 Å². The quantitative estimate of drug-likeness (QED) is 0.281. The van der Waals surface area contributed by atoms with Gasteiger partial charge in [0.15, 0.2) is 0 Å². The Bertz CT molecular complexity index is 1380. The minimum absolute atomic E-state index is 0.0842. The standard InChI is InChI=1S/C30H33N5O3/c1-33(2)17-7-11-28(36)34-18-6-8-23(20-34)21-35-19-16-27-29(35)30(32-22-31-27)38-26-14-12-25(13-15-26)37-24-9-4-3-5-10-24/h3-5,7,9-16,19,22-23H,6,8,17-18,20-21H2,1-2H3. The van der Waals surface area contributed by atoms with Crippen molar-refractivity contribution in [2.75, 3.05) is 33.7 Å². The van der Waals surface area contributed by atoms with Crippen LogP contribution in [-0.2, 0) is 11.3 Å². The van der Waals surface area contributed by atoms with Crippen molar-refractivity contribution in [3.8, 4) is 23.1 Å². The maximum atomic E-state index is 12.7. The first-order valence-corrected chi connectivity index (χ1v) is 13.0. The van der Waals surface area contributed by atoms with Crippen molar-refractivity contribution >= 4 is 16.9 Å². The second-order valence-corrected chi connectivity index (χ2v) is 9.83. The average Bonchev–Trinajstić information content (AvgIpc) is 3.34. The molecule has 1 aliphatic rings. The fourth-order valence-corrected chi connectivity index (χ4v) is 4.70. The minimum Gasteiger partial charge on any atom is -0.457 e.